The molecule has 1 aliphatic rings. The van der Waals surface area contributed by atoms with E-state index in [1.807, 2.05) is 0 Å². The minimum Gasteiger partial charge on any atom is -0.380 e. The van der Waals surface area contributed by atoms with Crippen molar-refractivity contribution < 1.29 is 8.42 Å². The van der Waals surface area contributed by atoms with Gasteiger partial charge in [-0.1, -0.05) is 11.6 Å². The molecule has 2 N–H and O–H groups in total. The Morgan fingerprint density at radius 3 is 2.74 bits per heavy atom. The maximum absolute atomic E-state index is 11.2. The first-order valence-corrected chi connectivity index (χ1v) is 8.33. The first-order valence-electron chi connectivity index (χ1n) is 6.06. The summed E-state index contributed by atoms with van der Waals surface area (Å²) in [6.45, 7) is 2.01. The van der Waals surface area contributed by atoms with Crippen LogP contribution in [0.5, 0.6) is 0 Å². The number of halogens is 1. The lowest BCUT2D eigenvalue weighted by Gasteiger charge is -2.16. The number of benzene rings is 1. The van der Waals surface area contributed by atoms with Crippen molar-refractivity contribution in [1.82, 2.24) is 4.90 Å². The number of rotatable bonds is 4. The van der Waals surface area contributed by atoms with Crippen molar-refractivity contribution in [2.45, 2.75) is 12.5 Å². The van der Waals surface area contributed by atoms with Crippen molar-refractivity contribution in [3.63, 3.8) is 0 Å². The first kappa shape index (κ1) is 14.4. The highest BCUT2D eigenvalue weighted by Crippen LogP contribution is 2.27. The van der Waals surface area contributed by atoms with Gasteiger partial charge in [0.05, 0.1) is 22.7 Å². The monoisotopic (exact) mass is 303 g/mol. The van der Waals surface area contributed by atoms with Gasteiger partial charge in [-0.25, -0.2) is 8.42 Å². The molecule has 1 aromatic carbocycles. The van der Waals surface area contributed by atoms with E-state index >= 15 is 0 Å². The van der Waals surface area contributed by atoms with Crippen LogP contribution < -0.4 is 10.0 Å². The molecule has 1 aromatic rings. The third-order valence-electron chi connectivity index (χ3n) is 3.02. The first-order chi connectivity index (χ1) is 8.83. The predicted molar refractivity (Wildman–Crippen MR) is 79.4 cm³/mol. The molecule has 0 amide bonds. The average molecular weight is 304 g/mol. The minimum atomic E-state index is -3.27. The SMILES string of the molecule is CN1CCC(Nc2cc(NS(C)(=O)=O)ccc2Cl)C1. The maximum atomic E-state index is 11.2. The summed E-state index contributed by atoms with van der Waals surface area (Å²) < 4.78 is 24.9. The van der Waals surface area contributed by atoms with Crippen LogP contribution in [0.1, 0.15) is 6.42 Å². The third-order valence-corrected chi connectivity index (χ3v) is 3.96. The van der Waals surface area contributed by atoms with Crippen LogP contribution in [-0.4, -0.2) is 45.8 Å². The van der Waals surface area contributed by atoms with E-state index in [-0.39, 0.29) is 0 Å². The molecule has 0 saturated carbocycles. The van der Waals surface area contributed by atoms with Gasteiger partial charge in [0.15, 0.2) is 0 Å². The molecule has 0 radical (unpaired) electrons. The topological polar surface area (TPSA) is 61.4 Å². The van der Waals surface area contributed by atoms with Crippen LogP contribution in [0.3, 0.4) is 0 Å². The molecule has 0 aromatic heterocycles. The van der Waals surface area contributed by atoms with E-state index in [1.165, 1.54) is 0 Å². The van der Waals surface area contributed by atoms with Gasteiger partial charge in [0.2, 0.25) is 10.0 Å². The molecular formula is C12H18ClN3O2S. The molecule has 106 valence electrons. The fraction of sp³-hybridized carbons (Fsp3) is 0.500. The fourth-order valence-electron chi connectivity index (χ4n) is 2.19. The summed E-state index contributed by atoms with van der Waals surface area (Å²) in [5.74, 6) is 0. The number of nitrogens with one attached hydrogen (secondary N) is 2. The van der Waals surface area contributed by atoms with Crippen LogP contribution in [0.15, 0.2) is 18.2 Å². The molecule has 1 fully saturated rings. The van der Waals surface area contributed by atoms with Crippen LogP contribution in [0.4, 0.5) is 11.4 Å². The summed E-state index contributed by atoms with van der Waals surface area (Å²) >= 11 is 6.13. The highest BCUT2D eigenvalue weighted by atomic mass is 35.5. The van der Waals surface area contributed by atoms with Crippen molar-refractivity contribution in [3.8, 4) is 0 Å². The Morgan fingerprint density at radius 2 is 2.16 bits per heavy atom. The number of sulfonamides is 1. The van der Waals surface area contributed by atoms with Gasteiger partial charge < -0.3 is 10.2 Å². The Hall–Kier alpha value is -0.980. The second-order valence-corrected chi connectivity index (χ2v) is 7.12. The largest absolute Gasteiger partial charge is 0.380 e. The summed E-state index contributed by atoms with van der Waals surface area (Å²) in [5.41, 5.74) is 1.27. The zero-order valence-corrected chi connectivity index (χ0v) is 12.6. The minimum absolute atomic E-state index is 0.344. The molecule has 1 saturated heterocycles. The van der Waals surface area contributed by atoms with E-state index < -0.39 is 10.0 Å². The molecule has 19 heavy (non-hydrogen) atoms. The van der Waals surface area contributed by atoms with Crippen molar-refractivity contribution in [2.24, 2.45) is 0 Å². The zero-order chi connectivity index (χ0) is 14.0. The molecule has 0 aliphatic carbocycles. The Balaban J connectivity index is 2.13. The van der Waals surface area contributed by atoms with Gasteiger partial charge in [-0.2, -0.15) is 0 Å². The lowest BCUT2D eigenvalue weighted by atomic mass is 10.2. The number of likely N-dealkylation sites (N-methyl/N-ethyl adjacent to an activating group) is 1. The standard InChI is InChI=1S/C12H18ClN3O2S/c1-16-6-5-10(8-16)14-12-7-9(3-4-11(12)13)15-19(2,17)18/h3-4,7,10,14-15H,5-6,8H2,1-2H3. The van der Waals surface area contributed by atoms with E-state index in [1.54, 1.807) is 18.2 Å². The number of hydrogen-bond acceptors (Lipinski definition) is 4. The van der Waals surface area contributed by atoms with E-state index in [0.717, 1.165) is 31.5 Å². The smallest absolute Gasteiger partial charge is 0.229 e. The van der Waals surface area contributed by atoms with Crippen LogP contribution in [0, 0.1) is 0 Å². The molecular weight excluding hydrogens is 286 g/mol. The molecule has 5 nitrogen and oxygen atoms in total. The normalized spacial score (nSPS) is 20.5. The predicted octanol–water partition coefficient (Wildman–Crippen LogP) is 1.83. The highest BCUT2D eigenvalue weighted by Gasteiger charge is 2.20. The van der Waals surface area contributed by atoms with Gasteiger partial charge in [-0.05, 0) is 38.2 Å². The lowest BCUT2D eigenvalue weighted by Crippen LogP contribution is -2.23. The summed E-state index contributed by atoms with van der Waals surface area (Å²) in [6, 6.07) is 5.41. The van der Waals surface area contributed by atoms with Crippen LogP contribution in [0.2, 0.25) is 5.02 Å². The quantitative estimate of drug-likeness (QED) is 0.891. The van der Waals surface area contributed by atoms with Gasteiger partial charge in [0, 0.05) is 12.6 Å². The number of nitrogens with zero attached hydrogens (tertiary/aromatic N) is 1. The van der Waals surface area contributed by atoms with E-state index in [9.17, 15) is 8.42 Å². The molecule has 0 bridgehead atoms. The van der Waals surface area contributed by atoms with Gasteiger partial charge in [0.25, 0.3) is 0 Å². The molecule has 0 spiro atoms. The molecule has 1 atom stereocenters. The summed E-state index contributed by atoms with van der Waals surface area (Å²) in [6.07, 6.45) is 2.18. The van der Waals surface area contributed by atoms with Crippen molar-refractivity contribution in [2.75, 3.05) is 36.4 Å². The van der Waals surface area contributed by atoms with Gasteiger partial charge in [-0.3, -0.25) is 4.72 Å². The zero-order valence-electron chi connectivity index (χ0n) is 11.0. The summed E-state index contributed by atoms with van der Waals surface area (Å²) in [7, 11) is -1.20. The molecule has 1 unspecified atom stereocenters. The molecule has 7 heteroatoms. The summed E-state index contributed by atoms with van der Waals surface area (Å²) in [5, 5.41) is 3.95. The third kappa shape index (κ3) is 4.26. The second kappa shape index (κ2) is 5.56. The Kier molecular flexibility index (Phi) is 4.23. The van der Waals surface area contributed by atoms with Crippen LogP contribution in [-0.2, 0) is 10.0 Å². The summed E-state index contributed by atoms with van der Waals surface area (Å²) in [4.78, 5) is 2.24. The fourth-order valence-corrected chi connectivity index (χ4v) is 2.91. The highest BCUT2D eigenvalue weighted by molar-refractivity contribution is 7.92. The Morgan fingerprint density at radius 1 is 1.42 bits per heavy atom. The van der Waals surface area contributed by atoms with Crippen molar-refractivity contribution in [1.29, 1.82) is 0 Å². The molecule has 2 rings (SSSR count). The Bertz CT molecular complexity index is 562. The molecule has 1 aliphatic heterocycles. The van der Waals surface area contributed by atoms with Crippen molar-refractivity contribution in [3.05, 3.63) is 23.2 Å². The number of hydrogen-bond donors (Lipinski definition) is 2. The van der Waals surface area contributed by atoms with Crippen LogP contribution >= 0.6 is 11.6 Å². The van der Waals surface area contributed by atoms with Gasteiger partial charge in [0.1, 0.15) is 0 Å². The van der Waals surface area contributed by atoms with Crippen molar-refractivity contribution >= 4 is 33.0 Å². The van der Waals surface area contributed by atoms with Crippen LogP contribution in [0.25, 0.3) is 0 Å². The van der Waals surface area contributed by atoms with E-state index in [2.05, 4.69) is 22.0 Å². The number of anilines is 2. The van der Waals surface area contributed by atoms with Gasteiger partial charge >= 0.3 is 0 Å². The maximum Gasteiger partial charge on any atom is 0.229 e. The van der Waals surface area contributed by atoms with Gasteiger partial charge in [-0.15, -0.1) is 0 Å². The average Bonchev–Trinajstić information content (AvgIpc) is 2.67. The van der Waals surface area contributed by atoms with E-state index in [4.69, 9.17) is 11.6 Å². The Labute approximate surface area is 119 Å². The second-order valence-electron chi connectivity index (χ2n) is 4.96. The molecule has 1 heterocycles. The number of likely N-dealkylation sites (tertiary alicyclic amines) is 1. The lowest BCUT2D eigenvalue weighted by molar-refractivity contribution is 0.414. The van der Waals surface area contributed by atoms with E-state index in [0.29, 0.717) is 16.8 Å².